The van der Waals surface area contributed by atoms with E-state index in [1.165, 1.54) is 0 Å². The van der Waals surface area contributed by atoms with Gasteiger partial charge in [-0.05, 0) is 25.0 Å². The third kappa shape index (κ3) is 1.61. The largest absolute Gasteiger partial charge is 0.335 e. The van der Waals surface area contributed by atoms with Crippen molar-refractivity contribution in [2.24, 2.45) is 5.41 Å². The number of amides is 4. The molecule has 0 bridgehead atoms. The predicted octanol–water partition coefficient (Wildman–Crippen LogP) is 1.33. The van der Waals surface area contributed by atoms with Crippen LogP contribution in [0, 0.1) is 17.0 Å². The number of nitrogens with one attached hydrogen (secondary N) is 1. The van der Waals surface area contributed by atoms with E-state index in [9.17, 15) is 23.2 Å². The Morgan fingerprint density at radius 1 is 1.05 bits per heavy atom. The van der Waals surface area contributed by atoms with Crippen LogP contribution in [0.5, 0.6) is 0 Å². The number of benzene rings is 1. The summed E-state index contributed by atoms with van der Waals surface area (Å²) in [6.45, 7) is 0. The van der Waals surface area contributed by atoms with Crippen molar-refractivity contribution in [1.29, 1.82) is 0 Å². The maximum Gasteiger partial charge on any atom is 0.335 e. The number of urea groups is 1. The van der Waals surface area contributed by atoms with Crippen molar-refractivity contribution in [2.45, 2.75) is 12.8 Å². The minimum absolute atomic E-state index is 0.223. The molecule has 1 heterocycles. The van der Waals surface area contributed by atoms with Gasteiger partial charge in [0, 0.05) is 6.07 Å². The van der Waals surface area contributed by atoms with E-state index >= 15 is 0 Å². The lowest BCUT2D eigenvalue weighted by molar-refractivity contribution is -0.136. The molecule has 4 amide bonds. The zero-order chi connectivity index (χ0) is 13.8. The summed E-state index contributed by atoms with van der Waals surface area (Å²) in [4.78, 5) is 36.0. The highest BCUT2D eigenvalue weighted by atomic mass is 19.1. The zero-order valence-electron chi connectivity index (χ0n) is 9.57. The Hall–Kier alpha value is -2.31. The molecule has 7 heteroatoms. The molecule has 1 N–H and O–H groups in total. The van der Waals surface area contributed by atoms with Gasteiger partial charge in [-0.2, -0.15) is 0 Å². The van der Waals surface area contributed by atoms with Crippen LogP contribution in [0.4, 0.5) is 19.3 Å². The monoisotopic (exact) mass is 266 g/mol. The first-order valence-corrected chi connectivity index (χ1v) is 5.60. The van der Waals surface area contributed by atoms with Crippen LogP contribution in [0.25, 0.3) is 0 Å². The maximum atomic E-state index is 13.1. The summed E-state index contributed by atoms with van der Waals surface area (Å²) in [5.74, 6) is -3.18. The topological polar surface area (TPSA) is 66.5 Å². The van der Waals surface area contributed by atoms with Gasteiger partial charge in [0.2, 0.25) is 5.91 Å². The smallest absolute Gasteiger partial charge is 0.276 e. The summed E-state index contributed by atoms with van der Waals surface area (Å²) in [6, 6.07) is 1.38. The molecule has 1 aromatic rings. The summed E-state index contributed by atoms with van der Waals surface area (Å²) in [7, 11) is 0. The lowest BCUT2D eigenvalue weighted by Crippen LogP contribution is -2.59. The summed E-state index contributed by atoms with van der Waals surface area (Å²) in [5, 5.41) is 2.03. The molecular formula is C12H8F2N2O3. The van der Waals surface area contributed by atoms with E-state index < -0.39 is 34.9 Å². The van der Waals surface area contributed by atoms with Gasteiger partial charge in [-0.15, -0.1) is 0 Å². The Morgan fingerprint density at radius 2 is 1.63 bits per heavy atom. The van der Waals surface area contributed by atoms with Gasteiger partial charge < -0.3 is 0 Å². The normalized spacial score (nSPS) is 20.7. The Morgan fingerprint density at radius 3 is 2.16 bits per heavy atom. The summed E-state index contributed by atoms with van der Waals surface area (Å²) >= 11 is 0. The molecule has 3 rings (SSSR count). The van der Waals surface area contributed by atoms with Gasteiger partial charge in [0.25, 0.3) is 5.91 Å². The minimum atomic E-state index is -1.24. The van der Waals surface area contributed by atoms with Gasteiger partial charge in [-0.3, -0.25) is 14.9 Å². The predicted molar refractivity (Wildman–Crippen MR) is 59.0 cm³/mol. The molecular weight excluding hydrogens is 258 g/mol. The third-order valence-electron chi connectivity index (χ3n) is 3.33. The van der Waals surface area contributed by atoms with Crippen LogP contribution in [0.15, 0.2) is 18.2 Å². The molecule has 0 unspecified atom stereocenters. The van der Waals surface area contributed by atoms with E-state index in [-0.39, 0.29) is 5.69 Å². The van der Waals surface area contributed by atoms with Crippen LogP contribution in [-0.2, 0) is 9.59 Å². The summed E-state index contributed by atoms with van der Waals surface area (Å²) < 4.78 is 26.3. The molecule has 5 nitrogen and oxygen atoms in total. The van der Waals surface area contributed by atoms with Crippen molar-refractivity contribution in [3.63, 3.8) is 0 Å². The van der Waals surface area contributed by atoms with Crippen molar-refractivity contribution in [3.05, 3.63) is 29.8 Å². The number of barbiturate groups is 1. The lowest BCUT2D eigenvalue weighted by atomic mass is 10.0. The quantitative estimate of drug-likeness (QED) is 0.780. The van der Waals surface area contributed by atoms with Crippen LogP contribution in [0.1, 0.15) is 12.8 Å². The van der Waals surface area contributed by atoms with E-state index in [1.54, 1.807) is 0 Å². The average molecular weight is 266 g/mol. The van der Waals surface area contributed by atoms with Crippen molar-refractivity contribution >= 4 is 23.5 Å². The molecule has 1 aliphatic heterocycles. The van der Waals surface area contributed by atoms with E-state index in [0.29, 0.717) is 23.8 Å². The van der Waals surface area contributed by atoms with E-state index in [4.69, 9.17) is 0 Å². The van der Waals surface area contributed by atoms with Gasteiger partial charge in [-0.1, -0.05) is 0 Å². The summed E-state index contributed by atoms with van der Waals surface area (Å²) in [5.41, 5.74) is -1.46. The number of nitrogens with zero attached hydrogens (tertiary/aromatic N) is 1. The van der Waals surface area contributed by atoms with Crippen molar-refractivity contribution in [1.82, 2.24) is 5.32 Å². The number of carbonyl (C=O) groups excluding carboxylic acids is 3. The van der Waals surface area contributed by atoms with E-state index in [2.05, 4.69) is 0 Å². The average Bonchev–Trinajstić information content (AvgIpc) is 3.06. The molecule has 1 saturated carbocycles. The Balaban J connectivity index is 2.06. The second-order valence-corrected chi connectivity index (χ2v) is 4.61. The fraction of sp³-hybridized carbons (Fsp3) is 0.250. The molecule has 19 heavy (non-hydrogen) atoms. The molecule has 0 aromatic heterocycles. The number of carbonyl (C=O) groups is 3. The molecule has 98 valence electrons. The SMILES string of the molecule is O=C1NC(=O)C2(CC2)C(=O)N1c1cc(F)cc(F)c1. The Bertz CT molecular complexity index is 605. The molecule has 2 aliphatic rings. The number of halogens is 2. The molecule has 1 aromatic carbocycles. The fourth-order valence-electron chi connectivity index (χ4n) is 2.14. The lowest BCUT2D eigenvalue weighted by Gasteiger charge is -2.30. The first-order valence-electron chi connectivity index (χ1n) is 5.60. The van der Waals surface area contributed by atoms with Crippen LogP contribution in [-0.4, -0.2) is 17.8 Å². The van der Waals surface area contributed by atoms with Crippen molar-refractivity contribution in [2.75, 3.05) is 4.90 Å². The fourth-order valence-corrected chi connectivity index (χ4v) is 2.14. The van der Waals surface area contributed by atoms with Gasteiger partial charge in [0.15, 0.2) is 0 Å². The van der Waals surface area contributed by atoms with Gasteiger partial charge in [0.1, 0.15) is 17.0 Å². The van der Waals surface area contributed by atoms with E-state index in [1.807, 2.05) is 5.32 Å². The highest BCUT2D eigenvalue weighted by Crippen LogP contribution is 2.49. The Labute approximate surface area is 106 Å². The highest BCUT2D eigenvalue weighted by Gasteiger charge is 2.62. The molecule has 0 atom stereocenters. The molecule has 1 spiro atoms. The molecule has 1 saturated heterocycles. The molecule has 1 aliphatic carbocycles. The van der Waals surface area contributed by atoms with Crippen LogP contribution in [0.3, 0.4) is 0 Å². The Kier molecular flexibility index (Phi) is 2.23. The second kappa shape index (κ2) is 3.59. The number of hydrogen-bond acceptors (Lipinski definition) is 3. The van der Waals surface area contributed by atoms with Crippen molar-refractivity contribution < 1.29 is 23.2 Å². The summed E-state index contributed by atoms with van der Waals surface area (Å²) in [6.07, 6.45) is 0.665. The number of hydrogen-bond donors (Lipinski definition) is 1. The minimum Gasteiger partial charge on any atom is -0.276 e. The van der Waals surface area contributed by atoms with Gasteiger partial charge >= 0.3 is 6.03 Å². The second-order valence-electron chi connectivity index (χ2n) is 4.61. The highest BCUT2D eigenvalue weighted by molar-refractivity contribution is 6.31. The maximum absolute atomic E-state index is 13.1. The number of anilines is 1. The van der Waals surface area contributed by atoms with Gasteiger partial charge in [-0.25, -0.2) is 18.5 Å². The van der Waals surface area contributed by atoms with Crippen LogP contribution in [0.2, 0.25) is 0 Å². The van der Waals surface area contributed by atoms with Crippen LogP contribution >= 0.6 is 0 Å². The van der Waals surface area contributed by atoms with Crippen LogP contribution < -0.4 is 10.2 Å². The standard InChI is InChI=1S/C12H8F2N2O3/c13-6-3-7(14)5-8(4-6)16-10(18)12(1-2-12)9(17)15-11(16)19/h3-5H,1-2H2,(H,15,17,19). The van der Waals surface area contributed by atoms with Gasteiger partial charge in [0.05, 0.1) is 5.69 Å². The number of rotatable bonds is 1. The number of imide groups is 2. The molecule has 2 fully saturated rings. The first-order chi connectivity index (χ1) is 8.94. The zero-order valence-corrected chi connectivity index (χ0v) is 9.57. The van der Waals surface area contributed by atoms with E-state index in [0.717, 1.165) is 12.1 Å². The third-order valence-corrected chi connectivity index (χ3v) is 3.33. The van der Waals surface area contributed by atoms with Crippen molar-refractivity contribution in [3.8, 4) is 0 Å². The molecule has 0 radical (unpaired) electrons. The first kappa shape index (κ1) is 11.8.